The summed E-state index contributed by atoms with van der Waals surface area (Å²) in [5.74, 6) is 1.49. The van der Waals surface area contributed by atoms with Gasteiger partial charge in [0.1, 0.15) is 11.2 Å². The molecule has 0 bridgehead atoms. The van der Waals surface area contributed by atoms with Crippen molar-refractivity contribution < 1.29 is 0 Å². The third-order valence-corrected chi connectivity index (χ3v) is 11.2. The molecule has 0 fully saturated rings. The Labute approximate surface area is 159 Å². The van der Waals surface area contributed by atoms with Crippen molar-refractivity contribution in [2.45, 2.75) is 99.2 Å². The molecule has 0 aliphatic carbocycles. The zero-order valence-electron chi connectivity index (χ0n) is 19.0. The van der Waals surface area contributed by atoms with E-state index in [1.165, 1.54) is 5.82 Å². The molecule has 0 aromatic carbocycles. The third kappa shape index (κ3) is 4.48. The van der Waals surface area contributed by atoms with Gasteiger partial charge < -0.3 is 13.8 Å². The first-order valence-electron chi connectivity index (χ1n) is 9.81. The molecule has 1 unspecified atom stereocenters. The van der Waals surface area contributed by atoms with Crippen molar-refractivity contribution in [3.63, 3.8) is 0 Å². The number of nitrogens with zero attached hydrogens (tertiary/aromatic N) is 4. The van der Waals surface area contributed by atoms with E-state index in [2.05, 4.69) is 108 Å². The van der Waals surface area contributed by atoms with E-state index in [1.54, 1.807) is 5.42 Å². The first-order chi connectivity index (χ1) is 11.2. The summed E-state index contributed by atoms with van der Waals surface area (Å²) in [7, 11) is 2.53. The van der Waals surface area contributed by atoms with E-state index >= 15 is 0 Å². The van der Waals surface area contributed by atoms with Crippen molar-refractivity contribution in [2.24, 2.45) is 0 Å². The van der Waals surface area contributed by atoms with Crippen molar-refractivity contribution in [3.8, 4) is 0 Å². The van der Waals surface area contributed by atoms with E-state index in [1.807, 2.05) is 0 Å². The van der Waals surface area contributed by atoms with Gasteiger partial charge in [-0.1, -0.05) is 19.6 Å². The highest BCUT2D eigenvalue weighted by Crippen LogP contribution is 2.58. The summed E-state index contributed by atoms with van der Waals surface area (Å²) in [4.78, 5) is 5.01. The van der Waals surface area contributed by atoms with Crippen molar-refractivity contribution in [3.05, 3.63) is 0 Å². The van der Waals surface area contributed by atoms with Gasteiger partial charge in [-0.15, -0.1) is 0 Å². The molecule has 6 heteroatoms. The number of anilines is 2. The van der Waals surface area contributed by atoms with Crippen LogP contribution in [0.1, 0.15) is 55.4 Å². The molecule has 25 heavy (non-hydrogen) atoms. The minimum atomic E-state index is -1.50. The lowest BCUT2D eigenvalue weighted by Gasteiger charge is -2.50. The fourth-order valence-electron chi connectivity index (χ4n) is 3.86. The Morgan fingerprint density at radius 2 is 1.16 bits per heavy atom. The molecule has 0 aliphatic heterocycles. The van der Waals surface area contributed by atoms with Gasteiger partial charge in [-0.3, -0.25) is 0 Å². The summed E-state index contributed by atoms with van der Waals surface area (Å²) >= 11 is 0. The SMILES string of the molecule is CC(C)N(c1c(N(C)C)p(N(C(C)C)C(C)C)n1[Si](C)(C)C)C(C)C. The van der Waals surface area contributed by atoms with Crippen molar-refractivity contribution in [1.82, 2.24) is 4.00 Å². The van der Waals surface area contributed by atoms with Crippen molar-refractivity contribution in [1.29, 1.82) is 0 Å². The minimum Gasteiger partial charge on any atom is -0.369 e. The van der Waals surface area contributed by atoms with Gasteiger partial charge in [-0.2, -0.15) is 0 Å². The van der Waals surface area contributed by atoms with Gasteiger partial charge in [-0.05, 0) is 55.4 Å². The Kier molecular flexibility index (Phi) is 7.34. The predicted octanol–water partition coefficient (Wildman–Crippen LogP) is 5.60. The number of aromatic nitrogens is 1. The van der Waals surface area contributed by atoms with Gasteiger partial charge in [0.2, 0.25) is 0 Å². The quantitative estimate of drug-likeness (QED) is 0.540. The first-order valence-corrected chi connectivity index (χ1v) is 14.5. The second-order valence-electron chi connectivity index (χ2n) is 9.48. The van der Waals surface area contributed by atoms with Crippen LogP contribution in [0.5, 0.6) is 0 Å². The Morgan fingerprint density at radius 1 is 0.760 bits per heavy atom. The number of hydrogen-bond donors (Lipinski definition) is 0. The highest BCUT2D eigenvalue weighted by Gasteiger charge is 2.39. The molecule has 1 rings (SSSR count). The van der Waals surface area contributed by atoms with Crippen LogP contribution in [0.3, 0.4) is 0 Å². The van der Waals surface area contributed by atoms with Crippen molar-refractivity contribution in [2.75, 3.05) is 28.6 Å². The van der Waals surface area contributed by atoms with Crippen LogP contribution in [0.4, 0.5) is 11.2 Å². The molecular weight excluding hydrogens is 343 g/mol. The number of rotatable bonds is 8. The highest BCUT2D eigenvalue weighted by molar-refractivity contribution is 7.55. The molecule has 0 aliphatic rings. The summed E-state index contributed by atoms with van der Waals surface area (Å²) in [6, 6.07) is 2.11. The standard InChI is InChI=1S/C19H43N4PSi/c1-14(2)21(15(3)4)18-19(20(9)10)24(23(18)25(11,12)13)22(16(5)6)17(7)8/h14-17H,1-13H3. The summed E-state index contributed by atoms with van der Waals surface area (Å²) in [6.45, 7) is 26.2. The fraction of sp³-hybridized carbons (Fsp3) is 0.895. The van der Waals surface area contributed by atoms with E-state index in [4.69, 9.17) is 0 Å². The van der Waals surface area contributed by atoms with Crippen molar-refractivity contribution >= 4 is 27.3 Å². The monoisotopic (exact) mass is 386 g/mol. The molecule has 4 nitrogen and oxygen atoms in total. The highest BCUT2D eigenvalue weighted by atomic mass is 31.1. The molecule has 1 atom stereocenters. The van der Waals surface area contributed by atoms with E-state index in [9.17, 15) is 0 Å². The average Bonchev–Trinajstić information content (AvgIpc) is 2.32. The third-order valence-electron chi connectivity index (χ3n) is 4.47. The van der Waals surface area contributed by atoms with Crippen LogP contribution in [0.25, 0.3) is 0 Å². The molecule has 1 heterocycles. The van der Waals surface area contributed by atoms with Crippen LogP contribution in [-0.4, -0.2) is 50.5 Å². The molecule has 0 amide bonds. The molecule has 0 N–H and O–H groups in total. The smallest absolute Gasteiger partial charge is 0.160 e. The molecule has 1 aromatic heterocycles. The Hall–Kier alpha value is -0.383. The lowest BCUT2D eigenvalue weighted by Crippen LogP contribution is -2.49. The van der Waals surface area contributed by atoms with E-state index in [0.717, 1.165) is 0 Å². The summed E-state index contributed by atoms with van der Waals surface area (Å²) in [6.07, 6.45) is 0. The summed E-state index contributed by atoms with van der Waals surface area (Å²) in [5, 5.41) is 0. The zero-order chi connectivity index (χ0) is 19.9. The molecule has 0 saturated carbocycles. The Balaban J connectivity index is 3.77. The second kappa shape index (κ2) is 8.10. The maximum absolute atomic E-state index is 2.84. The Bertz CT molecular complexity index is 498. The predicted molar refractivity (Wildman–Crippen MR) is 121 cm³/mol. The van der Waals surface area contributed by atoms with Crippen LogP contribution in [-0.2, 0) is 0 Å². The maximum atomic E-state index is 2.84. The average molecular weight is 387 g/mol. The van der Waals surface area contributed by atoms with Crippen LogP contribution < -0.4 is 14.5 Å². The maximum Gasteiger partial charge on any atom is 0.160 e. The molecule has 148 valence electrons. The Morgan fingerprint density at radius 3 is 1.40 bits per heavy atom. The molecular formula is C19H43N4PSi. The second-order valence-corrected chi connectivity index (χ2v) is 16.5. The van der Waals surface area contributed by atoms with E-state index in [0.29, 0.717) is 24.2 Å². The molecule has 1 aromatic rings. The topological polar surface area (TPSA) is 14.7 Å². The molecule has 0 saturated heterocycles. The lowest BCUT2D eigenvalue weighted by molar-refractivity contribution is 0.595. The van der Waals surface area contributed by atoms with Gasteiger partial charge in [0, 0.05) is 46.1 Å². The first kappa shape index (κ1) is 22.7. The van der Waals surface area contributed by atoms with Gasteiger partial charge >= 0.3 is 0 Å². The summed E-state index contributed by atoms with van der Waals surface area (Å²) in [5.41, 5.74) is 1.54. The summed E-state index contributed by atoms with van der Waals surface area (Å²) < 4.78 is 5.59. The zero-order valence-corrected chi connectivity index (χ0v) is 20.9. The van der Waals surface area contributed by atoms with Gasteiger partial charge in [0.15, 0.2) is 8.24 Å². The van der Waals surface area contributed by atoms with Crippen LogP contribution in [0.2, 0.25) is 19.6 Å². The lowest BCUT2D eigenvalue weighted by atomic mass is 10.2. The van der Waals surface area contributed by atoms with E-state index < -0.39 is 16.1 Å². The molecule has 0 radical (unpaired) electrons. The minimum absolute atomic E-state index is 0.424. The van der Waals surface area contributed by atoms with Gasteiger partial charge in [-0.25, -0.2) is 4.67 Å². The van der Waals surface area contributed by atoms with Crippen LogP contribution in [0.15, 0.2) is 0 Å². The fourth-order valence-corrected chi connectivity index (χ4v) is 10.2. The van der Waals surface area contributed by atoms with Gasteiger partial charge in [0.05, 0.1) is 0 Å². The number of hydrogen-bond acceptors (Lipinski definition) is 3. The van der Waals surface area contributed by atoms with Crippen LogP contribution in [0, 0.1) is 0 Å². The van der Waals surface area contributed by atoms with Crippen LogP contribution >= 0.6 is 7.84 Å². The molecule has 0 spiro atoms. The largest absolute Gasteiger partial charge is 0.369 e. The van der Waals surface area contributed by atoms with Gasteiger partial charge in [0.25, 0.3) is 0 Å². The van der Waals surface area contributed by atoms with E-state index in [-0.39, 0.29) is 0 Å². The normalized spacial score (nSPS) is 13.9.